The molecule has 0 aromatic carbocycles. The molecule has 1 heterocycles. The van der Waals surface area contributed by atoms with Gasteiger partial charge in [0.25, 0.3) is 0 Å². The van der Waals surface area contributed by atoms with E-state index in [1.807, 2.05) is 0 Å². The van der Waals surface area contributed by atoms with Gasteiger partial charge in [-0.25, -0.2) is 0 Å². The van der Waals surface area contributed by atoms with Crippen molar-refractivity contribution in [2.45, 2.75) is 39.2 Å². The van der Waals surface area contributed by atoms with Crippen molar-refractivity contribution in [3.63, 3.8) is 0 Å². The third-order valence-electron chi connectivity index (χ3n) is 4.01. The lowest BCUT2D eigenvalue weighted by Crippen LogP contribution is -2.62. The first kappa shape index (κ1) is 13.7. The Morgan fingerprint density at radius 2 is 1.81 bits per heavy atom. The first-order valence-corrected chi connectivity index (χ1v) is 7.72. The van der Waals surface area contributed by atoms with Crippen LogP contribution < -0.4 is 0 Å². The molecule has 1 aliphatic heterocycles. The van der Waals surface area contributed by atoms with Gasteiger partial charge in [-0.1, -0.05) is 33.8 Å². The minimum Gasteiger partial charge on any atom is -0.381 e. The van der Waals surface area contributed by atoms with E-state index >= 15 is 0 Å². The number of hydrogen-bond acceptors (Lipinski definition) is 3. The molecule has 1 aliphatic rings. The quantitative estimate of drug-likeness (QED) is 0.693. The van der Waals surface area contributed by atoms with Crippen LogP contribution in [0.25, 0.3) is 0 Å². The average molecular weight is 243 g/mol. The van der Waals surface area contributed by atoms with E-state index in [9.17, 15) is 0 Å². The van der Waals surface area contributed by atoms with E-state index in [2.05, 4.69) is 44.5 Å². The van der Waals surface area contributed by atoms with Crippen molar-refractivity contribution in [1.29, 1.82) is 0 Å². The van der Waals surface area contributed by atoms with E-state index in [4.69, 9.17) is 8.85 Å². The molecule has 0 amide bonds. The van der Waals surface area contributed by atoms with Crippen LogP contribution in [0.15, 0.2) is 12.3 Å². The smallest absolute Gasteiger partial charge is 0.381 e. The first-order valence-electron chi connectivity index (χ1n) is 5.96. The standard InChI is InChI=1S/C12H25NO2Si/c1-11(2)12(3,4)16(14-5,15-6)13-9-7-8-10-13/h7,9,11H,8,10H2,1-6H3. The summed E-state index contributed by atoms with van der Waals surface area (Å²) in [6, 6.07) is 0. The second-order valence-corrected chi connectivity index (χ2v) is 9.08. The molecule has 0 saturated carbocycles. The van der Waals surface area contributed by atoms with Gasteiger partial charge in [-0.15, -0.1) is 0 Å². The molecular weight excluding hydrogens is 218 g/mol. The van der Waals surface area contributed by atoms with E-state index in [-0.39, 0.29) is 5.04 Å². The molecule has 0 aromatic rings. The molecule has 16 heavy (non-hydrogen) atoms. The van der Waals surface area contributed by atoms with Crippen LogP contribution in [-0.2, 0) is 8.85 Å². The van der Waals surface area contributed by atoms with Crippen LogP contribution in [-0.4, -0.2) is 34.1 Å². The zero-order chi connectivity index (χ0) is 12.4. The fraction of sp³-hybridized carbons (Fsp3) is 0.833. The Balaban J connectivity index is 3.08. The van der Waals surface area contributed by atoms with Gasteiger partial charge in [-0.2, -0.15) is 0 Å². The third-order valence-corrected chi connectivity index (χ3v) is 8.45. The van der Waals surface area contributed by atoms with Gasteiger partial charge in [0.05, 0.1) is 0 Å². The maximum absolute atomic E-state index is 5.89. The van der Waals surface area contributed by atoms with Gasteiger partial charge >= 0.3 is 8.72 Å². The second-order valence-electron chi connectivity index (χ2n) is 5.23. The van der Waals surface area contributed by atoms with Crippen molar-refractivity contribution < 1.29 is 8.85 Å². The summed E-state index contributed by atoms with van der Waals surface area (Å²) in [5.41, 5.74) is 0. The summed E-state index contributed by atoms with van der Waals surface area (Å²) in [6.07, 6.45) is 5.43. The Bertz CT molecular complexity index is 260. The van der Waals surface area contributed by atoms with Gasteiger partial charge in [0.15, 0.2) is 0 Å². The Kier molecular flexibility index (Phi) is 4.21. The van der Waals surface area contributed by atoms with Gasteiger partial charge in [0.1, 0.15) is 0 Å². The first-order chi connectivity index (χ1) is 7.42. The molecule has 4 heteroatoms. The summed E-state index contributed by atoms with van der Waals surface area (Å²) in [4.78, 5) is 0. The highest BCUT2D eigenvalue weighted by molar-refractivity contribution is 6.68. The van der Waals surface area contributed by atoms with Crippen LogP contribution in [0.3, 0.4) is 0 Å². The molecule has 0 radical (unpaired) electrons. The normalized spacial score (nSPS) is 17.6. The van der Waals surface area contributed by atoms with Crippen molar-refractivity contribution in [3.8, 4) is 0 Å². The molecule has 0 unspecified atom stereocenters. The zero-order valence-electron chi connectivity index (χ0n) is 11.4. The van der Waals surface area contributed by atoms with Crippen LogP contribution in [0.1, 0.15) is 34.1 Å². The number of nitrogens with zero attached hydrogens (tertiary/aromatic N) is 1. The van der Waals surface area contributed by atoms with Crippen molar-refractivity contribution in [2.24, 2.45) is 5.92 Å². The van der Waals surface area contributed by atoms with Crippen LogP contribution in [0.4, 0.5) is 0 Å². The highest BCUT2D eigenvalue weighted by Gasteiger charge is 2.57. The SMILES string of the molecule is CO[Si](OC)(N1C=CCC1)C(C)(C)C(C)C. The van der Waals surface area contributed by atoms with Crippen LogP contribution in [0, 0.1) is 5.92 Å². The van der Waals surface area contributed by atoms with Crippen LogP contribution in [0.2, 0.25) is 5.04 Å². The molecule has 3 nitrogen and oxygen atoms in total. The summed E-state index contributed by atoms with van der Waals surface area (Å²) in [6.45, 7) is 10.00. The molecule has 0 bridgehead atoms. The van der Waals surface area contributed by atoms with E-state index in [1.165, 1.54) is 0 Å². The minimum atomic E-state index is -2.35. The number of rotatable bonds is 5. The summed E-state index contributed by atoms with van der Waals surface area (Å²) in [5, 5.41) is 0.0468. The predicted octanol–water partition coefficient (Wildman–Crippen LogP) is 2.87. The van der Waals surface area contributed by atoms with Gasteiger partial charge in [-0.3, -0.25) is 0 Å². The van der Waals surface area contributed by atoms with E-state index in [1.54, 1.807) is 14.2 Å². The molecule has 1 rings (SSSR count). The van der Waals surface area contributed by atoms with Gasteiger partial charge in [0.2, 0.25) is 0 Å². The Morgan fingerprint density at radius 3 is 2.12 bits per heavy atom. The molecular formula is C12H25NO2Si. The fourth-order valence-electron chi connectivity index (χ4n) is 2.31. The van der Waals surface area contributed by atoms with Crippen molar-refractivity contribution in [2.75, 3.05) is 20.8 Å². The minimum absolute atomic E-state index is 0.0468. The molecule has 0 aliphatic carbocycles. The molecule has 0 N–H and O–H groups in total. The van der Waals surface area contributed by atoms with Crippen LogP contribution in [0.5, 0.6) is 0 Å². The largest absolute Gasteiger partial charge is 0.464 e. The molecule has 0 aromatic heterocycles. The summed E-state index contributed by atoms with van der Waals surface area (Å²) >= 11 is 0. The lowest BCUT2D eigenvalue weighted by atomic mass is 9.99. The van der Waals surface area contributed by atoms with Crippen molar-refractivity contribution >= 4 is 8.72 Å². The van der Waals surface area contributed by atoms with Crippen LogP contribution >= 0.6 is 0 Å². The van der Waals surface area contributed by atoms with E-state index in [0.717, 1.165) is 13.0 Å². The predicted molar refractivity (Wildman–Crippen MR) is 69.1 cm³/mol. The molecule has 0 spiro atoms. The lowest BCUT2D eigenvalue weighted by Gasteiger charge is -2.47. The summed E-state index contributed by atoms with van der Waals surface area (Å²) < 4.78 is 14.1. The number of hydrogen-bond donors (Lipinski definition) is 0. The molecule has 0 fully saturated rings. The Labute approximate surface area is 101 Å². The maximum atomic E-state index is 5.89. The molecule has 0 saturated heterocycles. The molecule has 0 atom stereocenters. The van der Waals surface area contributed by atoms with Gasteiger partial charge < -0.3 is 13.4 Å². The zero-order valence-corrected chi connectivity index (χ0v) is 12.4. The highest BCUT2D eigenvalue weighted by atomic mass is 28.4. The summed E-state index contributed by atoms with van der Waals surface area (Å²) in [5.74, 6) is 0.521. The molecule has 94 valence electrons. The highest BCUT2D eigenvalue weighted by Crippen LogP contribution is 2.47. The van der Waals surface area contributed by atoms with Crippen molar-refractivity contribution in [1.82, 2.24) is 4.57 Å². The topological polar surface area (TPSA) is 21.7 Å². The fourth-order valence-corrected chi connectivity index (χ4v) is 6.20. The van der Waals surface area contributed by atoms with Crippen molar-refractivity contribution in [3.05, 3.63) is 12.3 Å². The van der Waals surface area contributed by atoms with Gasteiger partial charge in [-0.05, 0) is 18.5 Å². The monoisotopic (exact) mass is 243 g/mol. The Morgan fingerprint density at radius 1 is 1.25 bits per heavy atom. The second kappa shape index (κ2) is 4.90. The van der Waals surface area contributed by atoms with E-state index in [0.29, 0.717) is 5.92 Å². The third kappa shape index (κ3) is 1.94. The maximum Gasteiger partial charge on any atom is 0.464 e. The van der Waals surface area contributed by atoms with E-state index < -0.39 is 8.72 Å². The average Bonchev–Trinajstić information content (AvgIpc) is 2.73. The lowest BCUT2D eigenvalue weighted by molar-refractivity contribution is 0.142. The Hall–Kier alpha value is -0.323. The summed E-state index contributed by atoms with van der Waals surface area (Å²) in [7, 11) is 1.21. The van der Waals surface area contributed by atoms with Gasteiger partial charge in [0, 0.05) is 25.8 Å².